The maximum Gasteiger partial charge on any atom is 0.143 e. The maximum atomic E-state index is 13.9. The lowest BCUT2D eigenvalue weighted by atomic mass is 10.1. The van der Waals surface area contributed by atoms with Crippen LogP contribution >= 0.6 is 11.6 Å². The second-order valence-electron chi connectivity index (χ2n) is 6.27. The number of likely N-dealkylation sites (N-methyl/N-ethyl adjacent to an activating group) is 1. The van der Waals surface area contributed by atoms with Gasteiger partial charge in [0.15, 0.2) is 0 Å². The molecule has 0 saturated carbocycles. The first-order valence-corrected chi connectivity index (χ1v) is 8.31. The zero-order valence-electron chi connectivity index (χ0n) is 14.2. The summed E-state index contributed by atoms with van der Waals surface area (Å²) in [5, 5.41) is 0.752. The maximum absolute atomic E-state index is 13.9. The Bertz CT molecular complexity index is 801. The van der Waals surface area contributed by atoms with E-state index >= 15 is 0 Å². The molecule has 0 unspecified atom stereocenters. The average Bonchev–Trinajstić information content (AvgIpc) is 2.52. The average molecular weight is 350 g/mol. The van der Waals surface area contributed by atoms with Gasteiger partial charge in [0.2, 0.25) is 0 Å². The molecule has 128 valence electrons. The molecule has 6 heteroatoms. The number of hydrogen-bond acceptors (Lipinski definition) is 4. The van der Waals surface area contributed by atoms with E-state index in [0.717, 1.165) is 37.6 Å². The van der Waals surface area contributed by atoms with Gasteiger partial charge < -0.3 is 14.5 Å². The van der Waals surface area contributed by atoms with Crippen molar-refractivity contribution in [1.82, 2.24) is 9.88 Å². The molecule has 0 spiro atoms. The molecule has 0 aliphatic carbocycles. The van der Waals surface area contributed by atoms with Crippen LogP contribution in [-0.4, -0.2) is 43.1 Å². The number of nitrogens with zero attached hydrogens (tertiary/aromatic N) is 3. The van der Waals surface area contributed by atoms with Crippen molar-refractivity contribution in [3.05, 3.63) is 40.9 Å². The van der Waals surface area contributed by atoms with Crippen LogP contribution in [-0.2, 0) is 0 Å². The molecule has 0 atom stereocenters. The summed E-state index contributed by atoms with van der Waals surface area (Å²) in [6.07, 6.45) is 0. The Morgan fingerprint density at radius 1 is 1.29 bits per heavy atom. The van der Waals surface area contributed by atoms with Gasteiger partial charge in [0.1, 0.15) is 17.4 Å². The molecule has 1 aliphatic rings. The van der Waals surface area contributed by atoms with Crippen LogP contribution in [0.25, 0.3) is 10.9 Å². The monoisotopic (exact) mass is 349 g/mol. The number of ether oxygens (including phenoxy) is 1. The lowest BCUT2D eigenvalue weighted by Gasteiger charge is -2.34. The third-order valence-corrected chi connectivity index (χ3v) is 4.55. The molecule has 24 heavy (non-hydrogen) atoms. The zero-order chi connectivity index (χ0) is 17.4. The molecule has 1 aromatic heterocycles. The molecular weight excluding hydrogens is 329 g/mol. The van der Waals surface area contributed by atoms with Gasteiger partial charge in [-0.15, -0.1) is 0 Å². The molecule has 1 aromatic carbocycles. The smallest absolute Gasteiger partial charge is 0.143 e. The second kappa shape index (κ2) is 6.57. The largest absolute Gasteiger partial charge is 0.462 e. The van der Waals surface area contributed by atoms with Gasteiger partial charge in [-0.05, 0) is 27.0 Å². The summed E-state index contributed by atoms with van der Waals surface area (Å²) in [6.45, 7) is 11.2. The highest BCUT2D eigenvalue weighted by molar-refractivity contribution is 6.31. The van der Waals surface area contributed by atoms with Crippen molar-refractivity contribution in [2.24, 2.45) is 0 Å². The molecule has 2 heterocycles. The Labute approximate surface area is 146 Å². The van der Waals surface area contributed by atoms with Crippen molar-refractivity contribution in [3.8, 4) is 5.75 Å². The van der Waals surface area contributed by atoms with Gasteiger partial charge in [-0.25, -0.2) is 9.37 Å². The van der Waals surface area contributed by atoms with Crippen LogP contribution in [0.1, 0.15) is 12.5 Å². The van der Waals surface area contributed by atoms with Crippen LogP contribution in [0, 0.1) is 12.7 Å². The number of piperazine rings is 1. The predicted octanol–water partition coefficient (Wildman–Crippen LogP) is 4.00. The molecule has 1 saturated heterocycles. The molecule has 1 fully saturated rings. The van der Waals surface area contributed by atoms with E-state index in [9.17, 15) is 4.39 Å². The number of hydrogen-bond donors (Lipinski definition) is 0. The van der Waals surface area contributed by atoms with Crippen molar-refractivity contribution in [1.29, 1.82) is 0 Å². The molecule has 0 bridgehead atoms. The molecule has 0 radical (unpaired) electrons. The third-order valence-electron chi connectivity index (χ3n) is 4.26. The van der Waals surface area contributed by atoms with E-state index < -0.39 is 5.82 Å². The summed E-state index contributed by atoms with van der Waals surface area (Å²) in [5.74, 6) is 1.55. The molecule has 2 aromatic rings. The van der Waals surface area contributed by atoms with Crippen LogP contribution in [0.4, 0.5) is 10.2 Å². The van der Waals surface area contributed by atoms with Crippen molar-refractivity contribution in [3.63, 3.8) is 0 Å². The SMILES string of the molecule is C=C(C)Oc1c(C)c(N2CCN(C)CC2)nc2cc(F)c(Cl)cc12. The summed E-state index contributed by atoms with van der Waals surface area (Å²) in [7, 11) is 2.10. The van der Waals surface area contributed by atoms with E-state index in [1.54, 1.807) is 13.0 Å². The number of allylic oxidation sites excluding steroid dienone is 1. The lowest BCUT2D eigenvalue weighted by Crippen LogP contribution is -2.45. The van der Waals surface area contributed by atoms with Crippen LogP contribution in [0.3, 0.4) is 0 Å². The second-order valence-corrected chi connectivity index (χ2v) is 6.67. The first-order valence-electron chi connectivity index (χ1n) is 7.93. The molecular formula is C18H21ClFN3O. The van der Waals surface area contributed by atoms with Gasteiger partial charge in [-0.1, -0.05) is 18.2 Å². The van der Waals surface area contributed by atoms with E-state index in [1.807, 2.05) is 6.92 Å². The summed E-state index contributed by atoms with van der Waals surface area (Å²) in [6, 6.07) is 2.93. The normalized spacial score (nSPS) is 15.8. The minimum absolute atomic E-state index is 0.0580. The first-order chi connectivity index (χ1) is 11.4. The Morgan fingerprint density at radius 2 is 1.96 bits per heavy atom. The summed E-state index contributed by atoms with van der Waals surface area (Å²) >= 11 is 5.96. The summed E-state index contributed by atoms with van der Waals surface area (Å²) < 4.78 is 19.8. The Balaban J connectivity index is 2.17. The fourth-order valence-corrected chi connectivity index (χ4v) is 3.11. The minimum atomic E-state index is -0.480. The van der Waals surface area contributed by atoms with Crippen LogP contribution in [0.15, 0.2) is 24.5 Å². The number of fused-ring (bicyclic) bond motifs is 1. The molecule has 1 aliphatic heterocycles. The van der Waals surface area contributed by atoms with Gasteiger partial charge in [0, 0.05) is 43.2 Å². The number of benzene rings is 1. The predicted molar refractivity (Wildman–Crippen MR) is 96.6 cm³/mol. The van der Waals surface area contributed by atoms with E-state index in [0.29, 0.717) is 22.4 Å². The Kier molecular flexibility index (Phi) is 4.65. The zero-order valence-corrected chi connectivity index (χ0v) is 15.0. The fourth-order valence-electron chi connectivity index (χ4n) is 2.94. The molecule has 0 amide bonds. The highest BCUT2D eigenvalue weighted by Gasteiger charge is 2.22. The van der Waals surface area contributed by atoms with E-state index in [1.165, 1.54) is 6.07 Å². The van der Waals surface area contributed by atoms with Gasteiger partial charge >= 0.3 is 0 Å². The fraction of sp³-hybridized carbons (Fsp3) is 0.389. The van der Waals surface area contributed by atoms with Crippen LogP contribution in [0.5, 0.6) is 5.75 Å². The third kappa shape index (κ3) is 3.19. The van der Waals surface area contributed by atoms with Gasteiger partial charge in [-0.2, -0.15) is 0 Å². The van der Waals surface area contributed by atoms with Crippen molar-refractivity contribution in [2.75, 3.05) is 38.1 Å². The quantitative estimate of drug-likeness (QED) is 0.783. The number of anilines is 1. The van der Waals surface area contributed by atoms with E-state index in [2.05, 4.69) is 23.4 Å². The highest BCUT2D eigenvalue weighted by Crippen LogP contribution is 2.37. The van der Waals surface area contributed by atoms with Gasteiger partial charge in [-0.3, -0.25) is 0 Å². The highest BCUT2D eigenvalue weighted by atomic mass is 35.5. The van der Waals surface area contributed by atoms with Crippen molar-refractivity contribution in [2.45, 2.75) is 13.8 Å². The standard InChI is InChI=1S/C18H21ClFN3O/c1-11(2)24-17-12(3)18(23-7-5-22(4)6-8-23)21-16-10-15(20)14(19)9-13(16)17/h9-10H,1,5-8H2,2-4H3. The summed E-state index contributed by atoms with van der Waals surface area (Å²) in [4.78, 5) is 9.18. The Hall–Kier alpha value is -1.85. The number of aromatic nitrogens is 1. The van der Waals surface area contributed by atoms with Crippen LogP contribution in [0.2, 0.25) is 5.02 Å². The first kappa shape index (κ1) is 17.0. The number of halogens is 2. The van der Waals surface area contributed by atoms with Crippen molar-refractivity contribution < 1.29 is 9.13 Å². The van der Waals surface area contributed by atoms with Gasteiger partial charge in [0.05, 0.1) is 16.3 Å². The van der Waals surface area contributed by atoms with Crippen LogP contribution < -0.4 is 9.64 Å². The minimum Gasteiger partial charge on any atom is -0.462 e. The molecule has 4 nitrogen and oxygen atoms in total. The number of pyridine rings is 1. The molecule has 0 N–H and O–H groups in total. The lowest BCUT2D eigenvalue weighted by molar-refractivity contribution is 0.312. The van der Waals surface area contributed by atoms with Crippen molar-refractivity contribution >= 4 is 28.3 Å². The van der Waals surface area contributed by atoms with Gasteiger partial charge in [0.25, 0.3) is 0 Å². The van der Waals surface area contributed by atoms with E-state index in [4.69, 9.17) is 21.3 Å². The topological polar surface area (TPSA) is 28.6 Å². The Morgan fingerprint density at radius 3 is 2.58 bits per heavy atom. The number of rotatable bonds is 3. The molecule has 3 rings (SSSR count). The van der Waals surface area contributed by atoms with E-state index in [-0.39, 0.29) is 5.02 Å². The summed E-state index contributed by atoms with van der Waals surface area (Å²) in [5.41, 5.74) is 1.45.